The van der Waals surface area contributed by atoms with E-state index < -0.39 is 6.10 Å². The average molecular weight is 370 g/mol. The molecule has 0 bridgehead atoms. The lowest BCUT2D eigenvalue weighted by Gasteiger charge is -2.14. The van der Waals surface area contributed by atoms with Crippen molar-refractivity contribution in [2.75, 3.05) is 13.2 Å². The number of halogens is 2. The SMILES string of the molecule is O=C(NC[C@H](O)COc1cccc(Cl)c1Cl)[C@@H]1C[C@@H]1c1ccco1. The summed E-state index contributed by atoms with van der Waals surface area (Å²) in [6.45, 7) is 0.116. The van der Waals surface area contributed by atoms with E-state index in [1.807, 2.05) is 12.1 Å². The molecule has 1 aromatic carbocycles. The summed E-state index contributed by atoms with van der Waals surface area (Å²) in [6, 6.07) is 8.70. The van der Waals surface area contributed by atoms with Gasteiger partial charge in [-0.25, -0.2) is 0 Å². The molecular formula is C17H17Cl2NO4. The lowest BCUT2D eigenvalue weighted by atomic mass is 10.2. The number of rotatable bonds is 7. The third-order valence-corrected chi connectivity index (χ3v) is 4.70. The van der Waals surface area contributed by atoms with Crippen LogP contribution >= 0.6 is 23.2 Å². The number of carbonyl (C=O) groups excluding carboxylic acids is 1. The van der Waals surface area contributed by atoms with Crippen molar-refractivity contribution in [2.24, 2.45) is 5.92 Å². The topological polar surface area (TPSA) is 71.7 Å². The Morgan fingerprint density at radius 1 is 1.38 bits per heavy atom. The standard InChI is InChI=1S/C17H17Cl2NO4/c18-13-3-1-4-15(16(13)19)24-9-10(21)8-20-17(22)12-7-11(12)14-5-2-6-23-14/h1-6,10-12,21H,7-9H2,(H,20,22)/t10-,11-,12+/m0/s1. The highest BCUT2D eigenvalue weighted by Crippen LogP contribution is 2.47. The number of amides is 1. The van der Waals surface area contributed by atoms with Gasteiger partial charge in [0.2, 0.25) is 5.91 Å². The van der Waals surface area contributed by atoms with Gasteiger partial charge in [0.1, 0.15) is 29.2 Å². The number of aliphatic hydroxyl groups is 1. The van der Waals surface area contributed by atoms with Gasteiger partial charge < -0.3 is 19.6 Å². The van der Waals surface area contributed by atoms with Gasteiger partial charge in [0.05, 0.1) is 11.3 Å². The second-order valence-electron chi connectivity index (χ2n) is 5.73. The normalized spacial score (nSPS) is 20.5. The number of ether oxygens (including phenoxy) is 1. The zero-order chi connectivity index (χ0) is 17.1. The predicted octanol–water partition coefficient (Wildman–Crippen LogP) is 3.25. The third kappa shape index (κ3) is 4.04. The number of nitrogens with one attached hydrogen (secondary N) is 1. The maximum absolute atomic E-state index is 12.0. The fourth-order valence-electron chi connectivity index (χ4n) is 2.49. The molecule has 1 amide bonds. The molecule has 128 valence electrons. The van der Waals surface area contributed by atoms with E-state index in [0.717, 1.165) is 12.2 Å². The summed E-state index contributed by atoms with van der Waals surface area (Å²) in [5.74, 6) is 1.19. The van der Waals surface area contributed by atoms with Gasteiger partial charge in [-0.2, -0.15) is 0 Å². The van der Waals surface area contributed by atoms with Crippen LogP contribution in [-0.2, 0) is 4.79 Å². The first-order chi connectivity index (χ1) is 11.6. The van der Waals surface area contributed by atoms with Gasteiger partial charge >= 0.3 is 0 Å². The van der Waals surface area contributed by atoms with Gasteiger partial charge in [0.15, 0.2) is 0 Å². The number of hydrogen-bond acceptors (Lipinski definition) is 4. The molecule has 7 heteroatoms. The number of aliphatic hydroxyl groups excluding tert-OH is 1. The van der Waals surface area contributed by atoms with Crippen LogP contribution in [0, 0.1) is 5.92 Å². The molecule has 1 saturated carbocycles. The molecular weight excluding hydrogens is 353 g/mol. The zero-order valence-electron chi connectivity index (χ0n) is 12.7. The summed E-state index contributed by atoms with van der Waals surface area (Å²) in [7, 11) is 0. The van der Waals surface area contributed by atoms with Crippen LogP contribution in [0.2, 0.25) is 10.0 Å². The smallest absolute Gasteiger partial charge is 0.223 e. The van der Waals surface area contributed by atoms with Gasteiger partial charge in [0.25, 0.3) is 0 Å². The monoisotopic (exact) mass is 369 g/mol. The largest absolute Gasteiger partial charge is 0.489 e. The maximum Gasteiger partial charge on any atom is 0.223 e. The zero-order valence-corrected chi connectivity index (χ0v) is 14.3. The van der Waals surface area contributed by atoms with Crippen molar-refractivity contribution >= 4 is 29.1 Å². The molecule has 5 nitrogen and oxygen atoms in total. The molecule has 3 atom stereocenters. The molecule has 0 saturated heterocycles. The molecule has 2 N–H and O–H groups in total. The van der Waals surface area contributed by atoms with Crippen LogP contribution in [0.15, 0.2) is 41.0 Å². The van der Waals surface area contributed by atoms with Crippen molar-refractivity contribution in [2.45, 2.75) is 18.4 Å². The Hall–Kier alpha value is -1.69. The van der Waals surface area contributed by atoms with Gasteiger partial charge in [-0.05, 0) is 30.7 Å². The molecule has 1 fully saturated rings. The van der Waals surface area contributed by atoms with E-state index in [9.17, 15) is 9.90 Å². The van der Waals surface area contributed by atoms with Gasteiger partial charge in [-0.15, -0.1) is 0 Å². The lowest BCUT2D eigenvalue weighted by Crippen LogP contribution is -2.36. The minimum Gasteiger partial charge on any atom is -0.489 e. The third-order valence-electron chi connectivity index (χ3n) is 3.90. The van der Waals surface area contributed by atoms with E-state index in [2.05, 4.69) is 5.32 Å². The highest BCUT2D eigenvalue weighted by molar-refractivity contribution is 6.42. The molecule has 1 aromatic heterocycles. The van der Waals surface area contributed by atoms with Crippen molar-refractivity contribution in [1.82, 2.24) is 5.32 Å². The second kappa shape index (κ2) is 7.47. The summed E-state index contributed by atoms with van der Waals surface area (Å²) in [6.07, 6.45) is 1.53. The number of hydrogen-bond donors (Lipinski definition) is 2. The predicted molar refractivity (Wildman–Crippen MR) is 90.5 cm³/mol. The van der Waals surface area contributed by atoms with Crippen LogP contribution < -0.4 is 10.1 Å². The molecule has 3 rings (SSSR count). The van der Waals surface area contributed by atoms with Gasteiger partial charge in [-0.3, -0.25) is 4.79 Å². The Morgan fingerprint density at radius 2 is 2.21 bits per heavy atom. The lowest BCUT2D eigenvalue weighted by molar-refractivity contribution is -0.123. The van der Waals surface area contributed by atoms with Crippen molar-refractivity contribution in [3.8, 4) is 5.75 Å². The maximum atomic E-state index is 12.0. The van der Waals surface area contributed by atoms with Crippen LogP contribution in [0.5, 0.6) is 5.75 Å². The van der Waals surface area contributed by atoms with Crippen LogP contribution in [0.3, 0.4) is 0 Å². The van der Waals surface area contributed by atoms with E-state index in [-0.39, 0.29) is 30.9 Å². The van der Waals surface area contributed by atoms with E-state index >= 15 is 0 Å². The summed E-state index contributed by atoms with van der Waals surface area (Å²) in [5.41, 5.74) is 0. The minimum atomic E-state index is -0.843. The Morgan fingerprint density at radius 3 is 2.96 bits per heavy atom. The van der Waals surface area contributed by atoms with Gasteiger partial charge in [0, 0.05) is 18.4 Å². The van der Waals surface area contributed by atoms with E-state index in [4.69, 9.17) is 32.4 Å². The summed E-state index contributed by atoms with van der Waals surface area (Å²) in [5, 5.41) is 13.4. The number of furan rings is 1. The molecule has 0 unspecified atom stereocenters. The van der Waals surface area contributed by atoms with E-state index in [1.54, 1.807) is 24.5 Å². The Bertz CT molecular complexity index is 705. The average Bonchev–Trinajstić information content (AvgIpc) is 3.19. The van der Waals surface area contributed by atoms with Crippen molar-refractivity contribution < 1.29 is 19.1 Å². The fraction of sp³-hybridized carbons (Fsp3) is 0.353. The molecule has 0 spiro atoms. The van der Waals surface area contributed by atoms with Crippen LogP contribution in [0.1, 0.15) is 18.1 Å². The minimum absolute atomic E-state index is 0.00657. The number of benzene rings is 1. The quantitative estimate of drug-likeness (QED) is 0.785. The summed E-state index contributed by atoms with van der Waals surface area (Å²) < 4.78 is 10.7. The molecule has 1 aliphatic carbocycles. The first kappa shape index (κ1) is 17.1. The Kier molecular flexibility index (Phi) is 5.33. The molecule has 24 heavy (non-hydrogen) atoms. The molecule has 2 aromatic rings. The van der Waals surface area contributed by atoms with Crippen LogP contribution in [-0.4, -0.2) is 30.3 Å². The summed E-state index contributed by atoms with van der Waals surface area (Å²) in [4.78, 5) is 12.0. The Labute approximate surface area is 149 Å². The number of carbonyl (C=O) groups is 1. The summed E-state index contributed by atoms with van der Waals surface area (Å²) >= 11 is 11.9. The van der Waals surface area contributed by atoms with E-state index in [1.165, 1.54) is 0 Å². The highest BCUT2D eigenvalue weighted by atomic mass is 35.5. The fourth-order valence-corrected chi connectivity index (χ4v) is 2.84. The molecule has 0 radical (unpaired) electrons. The molecule has 1 aliphatic rings. The Balaban J connectivity index is 1.40. The van der Waals surface area contributed by atoms with Gasteiger partial charge in [-0.1, -0.05) is 29.3 Å². The molecule has 0 aliphatic heterocycles. The van der Waals surface area contributed by atoms with Crippen molar-refractivity contribution in [3.05, 3.63) is 52.4 Å². The van der Waals surface area contributed by atoms with Crippen LogP contribution in [0.4, 0.5) is 0 Å². The van der Waals surface area contributed by atoms with Crippen molar-refractivity contribution in [1.29, 1.82) is 0 Å². The van der Waals surface area contributed by atoms with E-state index in [0.29, 0.717) is 15.8 Å². The first-order valence-corrected chi connectivity index (χ1v) is 8.38. The molecule has 1 heterocycles. The highest BCUT2D eigenvalue weighted by Gasteiger charge is 2.45. The first-order valence-electron chi connectivity index (χ1n) is 7.62. The van der Waals surface area contributed by atoms with Crippen molar-refractivity contribution in [3.63, 3.8) is 0 Å². The van der Waals surface area contributed by atoms with Crippen LogP contribution in [0.25, 0.3) is 0 Å². The second-order valence-corrected chi connectivity index (χ2v) is 6.51.